The molecule has 0 aliphatic heterocycles. The van der Waals surface area contributed by atoms with Crippen LogP contribution in [0.15, 0.2) is 36.9 Å². The number of carboxylic acid groups (broad SMARTS) is 1. The van der Waals surface area contributed by atoms with Gasteiger partial charge in [-0.1, -0.05) is 37.1 Å². The van der Waals surface area contributed by atoms with Gasteiger partial charge in [-0.15, -0.1) is 6.58 Å². The zero-order valence-electron chi connectivity index (χ0n) is 10.8. The molecule has 1 aliphatic rings. The minimum absolute atomic E-state index is 0.0250. The van der Waals surface area contributed by atoms with Crippen molar-refractivity contribution < 1.29 is 9.90 Å². The van der Waals surface area contributed by atoms with Crippen molar-refractivity contribution in [2.45, 2.75) is 31.1 Å². The Labute approximate surface area is 113 Å². The van der Waals surface area contributed by atoms with Crippen molar-refractivity contribution in [3.63, 3.8) is 0 Å². The summed E-state index contributed by atoms with van der Waals surface area (Å²) < 4.78 is 0. The van der Waals surface area contributed by atoms with Crippen LogP contribution in [0.4, 0.5) is 0 Å². The normalized spacial score (nSPS) is 18.5. The van der Waals surface area contributed by atoms with Crippen LogP contribution in [-0.2, 0) is 10.2 Å². The molecule has 3 nitrogen and oxygen atoms in total. The lowest BCUT2D eigenvalue weighted by Gasteiger charge is -2.33. The predicted molar refractivity (Wildman–Crippen MR) is 72.6 cm³/mol. The molecular weight excluding hydrogens is 238 g/mol. The smallest absolute Gasteiger partial charge is 0.318 e. The molecule has 1 atom stereocenters. The fourth-order valence-electron chi connectivity index (χ4n) is 3.20. The summed E-state index contributed by atoms with van der Waals surface area (Å²) in [5, 5.41) is 19.0. The average Bonchev–Trinajstić information content (AvgIpc) is 2.95. The Balaban J connectivity index is 2.63. The molecule has 1 unspecified atom stereocenters. The van der Waals surface area contributed by atoms with Crippen LogP contribution < -0.4 is 0 Å². The highest BCUT2D eigenvalue weighted by Crippen LogP contribution is 2.44. The van der Waals surface area contributed by atoms with Crippen LogP contribution in [0.25, 0.3) is 0 Å². The van der Waals surface area contributed by atoms with Gasteiger partial charge in [0.25, 0.3) is 0 Å². The lowest BCUT2D eigenvalue weighted by molar-refractivity contribution is -0.143. The summed E-state index contributed by atoms with van der Waals surface area (Å²) >= 11 is 0. The molecule has 1 N–H and O–H groups in total. The van der Waals surface area contributed by atoms with Crippen LogP contribution in [-0.4, -0.2) is 11.1 Å². The van der Waals surface area contributed by atoms with E-state index in [2.05, 4.69) is 12.6 Å². The van der Waals surface area contributed by atoms with Gasteiger partial charge in [-0.2, -0.15) is 5.26 Å². The van der Waals surface area contributed by atoms with Gasteiger partial charge in [-0.25, -0.2) is 0 Å². The summed E-state index contributed by atoms with van der Waals surface area (Å²) in [5.74, 6) is -0.880. The van der Waals surface area contributed by atoms with Crippen LogP contribution in [0.2, 0.25) is 0 Å². The third kappa shape index (κ3) is 2.04. The van der Waals surface area contributed by atoms with Gasteiger partial charge in [0.1, 0.15) is 5.41 Å². The van der Waals surface area contributed by atoms with Crippen molar-refractivity contribution >= 4 is 5.97 Å². The Kier molecular flexibility index (Phi) is 3.71. The molecule has 19 heavy (non-hydrogen) atoms. The molecule has 0 saturated heterocycles. The SMILES string of the molecule is C=CC(C(=O)O)(c1ccccc1C#N)C1CCCC1. The molecule has 3 heteroatoms. The van der Waals surface area contributed by atoms with E-state index in [9.17, 15) is 15.2 Å². The maximum Gasteiger partial charge on any atom is 0.318 e. The average molecular weight is 255 g/mol. The molecular formula is C16H17NO2. The third-order valence-electron chi connectivity index (χ3n) is 4.17. The quantitative estimate of drug-likeness (QED) is 0.840. The van der Waals surface area contributed by atoms with Crippen molar-refractivity contribution in [2.75, 3.05) is 0 Å². The Morgan fingerprint density at radius 3 is 2.58 bits per heavy atom. The molecule has 1 aromatic rings. The van der Waals surface area contributed by atoms with E-state index in [1.54, 1.807) is 24.3 Å². The number of hydrogen-bond donors (Lipinski definition) is 1. The van der Waals surface area contributed by atoms with Gasteiger partial charge in [0.05, 0.1) is 11.6 Å². The van der Waals surface area contributed by atoms with E-state index < -0.39 is 11.4 Å². The zero-order valence-corrected chi connectivity index (χ0v) is 10.8. The summed E-state index contributed by atoms with van der Waals surface area (Å²) in [4.78, 5) is 11.9. The summed E-state index contributed by atoms with van der Waals surface area (Å²) in [6.45, 7) is 3.76. The topological polar surface area (TPSA) is 61.1 Å². The number of aliphatic carboxylic acids is 1. The number of rotatable bonds is 4. The van der Waals surface area contributed by atoms with Crippen molar-refractivity contribution in [3.05, 3.63) is 48.0 Å². The Morgan fingerprint density at radius 1 is 1.42 bits per heavy atom. The highest BCUT2D eigenvalue weighted by Gasteiger charge is 2.46. The fourth-order valence-corrected chi connectivity index (χ4v) is 3.20. The first kappa shape index (κ1) is 13.4. The monoisotopic (exact) mass is 255 g/mol. The number of carboxylic acids is 1. The number of hydrogen-bond acceptors (Lipinski definition) is 2. The highest BCUT2D eigenvalue weighted by molar-refractivity contribution is 5.85. The minimum atomic E-state index is -1.14. The van der Waals surface area contributed by atoms with E-state index in [0.29, 0.717) is 11.1 Å². The van der Waals surface area contributed by atoms with E-state index in [4.69, 9.17) is 0 Å². The van der Waals surface area contributed by atoms with E-state index in [1.807, 2.05) is 0 Å². The number of nitriles is 1. The van der Waals surface area contributed by atoms with E-state index in [1.165, 1.54) is 6.08 Å². The third-order valence-corrected chi connectivity index (χ3v) is 4.17. The van der Waals surface area contributed by atoms with E-state index in [-0.39, 0.29) is 5.92 Å². The lowest BCUT2D eigenvalue weighted by Crippen LogP contribution is -2.41. The second kappa shape index (κ2) is 5.27. The van der Waals surface area contributed by atoms with Crippen LogP contribution in [0.1, 0.15) is 36.8 Å². The Morgan fingerprint density at radius 2 is 2.05 bits per heavy atom. The van der Waals surface area contributed by atoms with Crippen LogP contribution in [0.3, 0.4) is 0 Å². The van der Waals surface area contributed by atoms with Gasteiger partial charge in [-0.05, 0) is 30.4 Å². The van der Waals surface area contributed by atoms with Crippen LogP contribution in [0.5, 0.6) is 0 Å². The van der Waals surface area contributed by atoms with Gasteiger partial charge in [0.15, 0.2) is 0 Å². The standard InChI is InChI=1S/C16H17NO2/c1-2-16(15(18)19,13-8-4-5-9-13)14-10-6-3-7-12(14)11-17/h2-3,6-7,10,13H,1,4-5,8-9H2,(H,18,19). The molecule has 1 aliphatic carbocycles. The number of benzene rings is 1. The van der Waals surface area contributed by atoms with E-state index in [0.717, 1.165) is 25.7 Å². The van der Waals surface area contributed by atoms with Gasteiger partial charge in [0, 0.05) is 0 Å². The zero-order chi connectivity index (χ0) is 13.9. The Hall–Kier alpha value is -2.08. The maximum atomic E-state index is 11.9. The first-order valence-corrected chi connectivity index (χ1v) is 6.53. The predicted octanol–water partition coefficient (Wildman–Crippen LogP) is 3.26. The largest absolute Gasteiger partial charge is 0.480 e. The van der Waals surface area contributed by atoms with Crippen LogP contribution >= 0.6 is 0 Å². The first-order valence-electron chi connectivity index (χ1n) is 6.53. The van der Waals surface area contributed by atoms with Crippen LogP contribution in [0, 0.1) is 17.2 Å². The molecule has 0 spiro atoms. The highest BCUT2D eigenvalue weighted by atomic mass is 16.4. The molecule has 1 aromatic carbocycles. The van der Waals surface area contributed by atoms with Crippen molar-refractivity contribution in [2.24, 2.45) is 5.92 Å². The van der Waals surface area contributed by atoms with Gasteiger partial charge in [-0.3, -0.25) is 4.79 Å². The summed E-state index contributed by atoms with van der Waals surface area (Å²) in [6, 6.07) is 9.06. The molecule has 0 radical (unpaired) electrons. The van der Waals surface area contributed by atoms with Gasteiger partial charge >= 0.3 is 5.97 Å². The molecule has 1 fully saturated rings. The summed E-state index contributed by atoms with van der Waals surface area (Å²) in [7, 11) is 0. The molecule has 98 valence electrons. The second-order valence-electron chi connectivity index (χ2n) is 5.02. The lowest BCUT2D eigenvalue weighted by atomic mass is 9.68. The van der Waals surface area contributed by atoms with Gasteiger partial charge in [0.2, 0.25) is 0 Å². The maximum absolute atomic E-state index is 11.9. The summed E-state index contributed by atoms with van der Waals surface area (Å²) in [5.41, 5.74) is -0.133. The van der Waals surface area contributed by atoms with Gasteiger partial charge < -0.3 is 5.11 Å². The molecule has 0 amide bonds. The molecule has 2 rings (SSSR count). The second-order valence-corrected chi connectivity index (χ2v) is 5.02. The summed E-state index contributed by atoms with van der Waals surface area (Å²) in [6.07, 6.45) is 5.35. The number of carbonyl (C=O) groups is 1. The van der Waals surface area contributed by atoms with Crippen molar-refractivity contribution in [1.82, 2.24) is 0 Å². The minimum Gasteiger partial charge on any atom is -0.480 e. The Bertz CT molecular complexity index is 538. The molecule has 0 aromatic heterocycles. The fraction of sp³-hybridized carbons (Fsp3) is 0.375. The molecule has 0 bridgehead atoms. The van der Waals surface area contributed by atoms with E-state index >= 15 is 0 Å². The first-order chi connectivity index (χ1) is 9.16. The molecule has 0 heterocycles. The van der Waals surface area contributed by atoms with Crippen molar-refractivity contribution in [3.8, 4) is 6.07 Å². The molecule has 1 saturated carbocycles. The van der Waals surface area contributed by atoms with Crippen molar-refractivity contribution in [1.29, 1.82) is 5.26 Å². The number of nitrogens with zero attached hydrogens (tertiary/aromatic N) is 1.